The van der Waals surface area contributed by atoms with Gasteiger partial charge in [-0.15, -0.1) is 0 Å². The van der Waals surface area contributed by atoms with E-state index in [4.69, 9.17) is 9.47 Å². The highest BCUT2D eigenvalue weighted by Crippen LogP contribution is 2.38. The Labute approximate surface area is 272 Å². The Bertz CT molecular complexity index is 2490. The summed E-state index contributed by atoms with van der Waals surface area (Å²) in [5.74, 6) is 1.72. The molecule has 0 fully saturated rings. The number of hydrogen-bond acceptors (Lipinski definition) is 2. The maximum Gasteiger partial charge on any atom is 0.127 e. The summed E-state index contributed by atoms with van der Waals surface area (Å²) in [5.41, 5.74) is 5.87. The summed E-state index contributed by atoms with van der Waals surface area (Å²) in [6.07, 6.45) is 4.28. The van der Waals surface area contributed by atoms with E-state index >= 15 is 0 Å². The van der Waals surface area contributed by atoms with Crippen molar-refractivity contribution >= 4 is 66.3 Å². The second kappa shape index (κ2) is 11.4. The molecule has 0 amide bonds. The van der Waals surface area contributed by atoms with Gasteiger partial charge in [-0.3, -0.25) is 0 Å². The van der Waals surface area contributed by atoms with Crippen LogP contribution in [0.4, 0.5) is 0 Å². The van der Waals surface area contributed by atoms with Gasteiger partial charge in [0.05, 0.1) is 11.0 Å². The Morgan fingerprint density at radius 3 is 1.66 bits per heavy atom. The zero-order valence-corrected chi connectivity index (χ0v) is 25.8. The molecule has 3 heteroatoms. The highest BCUT2D eigenvalue weighted by atomic mass is 16.5. The summed E-state index contributed by atoms with van der Waals surface area (Å²) in [4.78, 5) is 0. The van der Waals surface area contributed by atoms with E-state index in [9.17, 15) is 0 Å². The molecule has 0 saturated heterocycles. The maximum atomic E-state index is 6.23. The summed E-state index contributed by atoms with van der Waals surface area (Å²) < 4.78 is 14.6. The van der Waals surface area contributed by atoms with Gasteiger partial charge in [0, 0.05) is 27.2 Å². The molecule has 47 heavy (non-hydrogen) atoms. The zero-order chi connectivity index (χ0) is 31.2. The fraction of sp³-hybridized carbons (Fsp3) is 0.0455. The Kier molecular flexibility index (Phi) is 6.60. The van der Waals surface area contributed by atoms with Crippen LogP contribution in [-0.2, 0) is 0 Å². The molecule has 0 aliphatic carbocycles. The quantitative estimate of drug-likeness (QED) is 0.0977. The summed E-state index contributed by atoms with van der Waals surface area (Å²) >= 11 is 0. The van der Waals surface area contributed by atoms with Crippen molar-refractivity contribution in [3.05, 3.63) is 163 Å². The number of para-hydroxylation sites is 2. The van der Waals surface area contributed by atoms with Gasteiger partial charge in [-0.2, -0.15) is 0 Å². The number of fused-ring (bicyclic) bond motifs is 3. The molecule has 0 N–H and O–H groups in total. The third kappa shape index (κ3) is 4.84. The number of nitrogens with zero attached hydrogens (tertiary/aromatic N) is 1. The molecule has 9 aromatic rings. The van der Waals surface area contributed by atoms with E-state index < -0.39 is 0 Å². The Morgan fingerprint density at radius 1 is 0.426 bits per heavy atom. The first-order chi connectivity index (χ1) is 23.3. The van der Waals surface area contributed by atoms with Crippen LogP contribution < -0.4 is 9.47 Å². The van der Waals surface area contributed by atoms with E-state index in [-0.39, 0.29) is 0 Å². The van der Waals surface area contributed by atoms with Crippen LogP contribution in [0.1, 0.15) is 11.1 Å². The van der Waals surface area contributed by atoms with Crippen LogP contribution in [0.3, 0.4) is 0 Å². The minimum atomic E-state index is 0.468. The van der Waals surface area contributed by atoms with Gasteiger partial charge in [-0.25, -0.2) is 0 Å². The molecule has 0 atom stereocenters. The first kappa shape index (κ1) is 27.3. The number of benzene rings is 8. The van der Waals surface area contributed by atoms with E-state index in [0.717, 1.165) is 33.7 Å². The average molecular weight is 606 g/mol. The van der Waals surface area contributed by atoms with E-state index in [1.54, 1.807) is 0 Å². The molecular formula is C44H31NO2. The van der Waals surface area contributed by atoms with Crippen molar-refractivity contribution in [2.24, 2.45) is 0 Å². The first-order valence-corrected chi connectivity index (χ1v) is 16.1. The second-order valence-corrected chi connectivity index (χ2v) is 12.0. The third-order valence-corrected chi connectivity index (χ3v) is 9.18. The molecule has 0 unspecified atom stereocenters. The highest BCUT2D eigenvalue weighted by Gasteiger charge is 2.12. The summed E-state index contributed by atoms with van der Waals surface area (Å²) in [5, 5.41) is 10.0. The van der Waals surface area contributed by atoms with Crippen LogP contribution in [0.15, 0.2) is 152 Å². The molecule has 9 rings (SSSR count). The predicted molar refractivity (Wildman–Crippen MR) is 197 cm³/mol. The van der Waals surface area contributed by atoms with Gasteiger partial charge in [-0.1, -0.05) is 115 Å². The number of rotatable bonds is 8. The van der Waals surface area contributed by atoms with Gasteiger partial charge in [0.1, 0.15) is 24.7 Å². The molecule has 0 aliphatic rings. The Balaban J connectivity index is 0.849. The molecule has 0 radical (unpaired) electrons. The lowest BCUT2D eigenvalue weighted by molar-refractivity contribution is 0.219. The van der Waals surface area contributed by atoms with Gasteiger partial charge in [0.25, 0.3) is 0 Å². The van der Waals surface area contributed by atoms with Crippen molar-refractivity contribution in [2.45, 2.75) is 0 Å². The molecule has 0 bridgehead atoms. The van der Waals surface area contributed by atoms with Crippen molar-refractivity contribution in [1.82, 2.24) is 4.57 Å². The molecule has 8 aromatic carbocycles. The summed E-state index contributed by atoms with van der Waals surface area (Å²) in [7, 11) is 0. The lowest BCUT2D eigenvalue weighted by Gasteiger charge is -2.15. The zero-order valence-electron chi connectivity index (χ0n) is 25.8. The third-order valence-electron chi connectivity index (χ3n) is 9.18. The molecular weight excluding hydrogens is 574 g/mol. The van der Waals surface area contributed by atoms with Gasteiger partial charge in [0.2, 0.25) is 0 Å². The van der Waals surface area contributed by atoms with Crippen LogP contribution in [-0.4, -0.2) is 17.8 Å². The average Bonchev–Trinajstić information content (AvgIpc) is 3.47. The molecule has 1 aromatic heterocycles. The minimum absolute atomic E-state index is 0.468. The normalized spacial score (nSPS) is 11.9. The van der Waals surface area contributed by atoms with E-state index in [1.165, 1.54) is 48.7 Å². The van der Waals surface area contributed by atoms with Gasteiger partial charge < -0.3 is 14.0 Å². The second-order valence-electron chi connectivity index (χ2n) is 12.0. The topological polar surface area (TPSA) is 23.4 Å². The van der Waals surface area contributed by atoms with Crippen LogP contribution in [0.2, 0.25) is 0 Å². The monoisotopic (exact) mass is 605 g/mol. The van der Waals surface area contributed by atoms with E-state index in [0.29, 0.717) is 13.2 Å². The fourth-order valence-electron chi connectivity index (χ4n) is 6.95. The van der Waals surface area contributed by atoms with Crippen LogP contribution in [0, 0.1) is 0 Å². The minimum Gasteiger partial charge on any atom is -0.490 e. The van der Waals surface area contributed by atoms with Crippen LogP contribution in [0.5, 0.6) is 11.5 Å². The fourth-order valence-corrected chi connectivity index (χ4v) is 6.95. The van der Waals surface area contributed by atoms with Gasteiger partial charge in [-0.05, 0) is 81.2 Å². The van der Waals surface area contributed by atoms with Gasteiger partial charge >= 0.3 is 0 Å². The molecule has 0 spiro atoms. The number of aromatic nitrogens is 1. The maximum absolute atomic E-state index is 6.23. The number of ether oxygens (including phenoxy) is 2. The highest BCUT2D eigenvalue weighted by molar-refractivity contribution is 6.24. The lowest BCUT2D eigenvalue weighted by atomic mass is 9.94. The van der Waals surface area contributed by atoms with Crippen molar-refractivity contribution in [3.63, 3.8) is 0 Å². The Hall–Kier alpha value is -6.06. The largest absolute Gasteiger partial charge is 0.490 e. The SMILES string of the molecule is C(=Cc1ccc(-n2c3ccccc3c3ccccc32)cc1)c1ccc(OCCOc2ccc3ccc4cccc5ccc2c3c45)cc1. The molecule has 3 nitrogen and oxygen atoms in total. The van der Waals surface area contributed by atoms with Crippen molar-refractivity contribution < 1.29 is 9.47 Å². The molecule has 0 aliphatic heterocycles. The van der Waals surface area contributed by atoms with E-state index in [1.807, 2.05) is 12.1 Å². The Morgan fingerprint density at radius 2 is 0.979 bits per heavy atom. The lowest BCUT2D eigenvalue weighted by Crippen LogP contribution is -2.09. The molecule has 1 heterocycles. The number of hydrogen-bond donors (Lipinski definition) is 0. The van der Waals surface area contributed by atoms with Crippen molar-refractivity contribution in [2.75, 3.05) is 13.2 Å². The summed E-state index contributed by atoms with van der Waals surface area (Å²) in [6, 6.07) is 53.6. The van der Waals surface area contributed by atoms with Crippen molar-refractivity contribution in [3.8, 4) is 17.2 Å². The van der Waals surface area contributed by atoms with Crippen LogP contribution >= 0.6 is 0 Å². The summed E-state index contributed by atoms with van der Waals surface area (Å²) in [6.45, 7) is 0.936. The molecule has 0 saturated carbocycles. The van der Waals surface area contributed by atoms with Crippen molar-refractivity contribution in [1.29, 1.82) is 0 Å². The predicted octanol–water partition coefficient (Wildman–Crippen LogP) is 11.3. The van der Waals surface area contributed by atoms with Crippen LogP contribution in [0.25, 0.3) is 72.0 Å². The molecule has 224 valence electrons. The van der Waals surface area contributed by atoms with E-state index in [2.05, 4.69) is 156 Å². The standard InChI is InChI=1S/C44H31NO2/c1-3-10-40-37(8-1)38-9-2-4-11-41(38)45(40)35-22-14-30(15-23-35)12-13-31-16-24-36(25-17-31)46-28-29-47-42-27-21-34-19-18-32-6-5-7-33-20-26-39(42)44(34)43(32)33/h1-27H,28-29H2. The first-order valence-electron chi connectivity index (χ1n) is 16.1. The van der Waals surface area contributed by atoms with Gasteiger partial charge in [0.15, 0.2) is 0 Å². The smallest absolute Gasteiger partial charge is 0.127 e.